The van der Waals surface area contributed by atoms with Crippen LogP contribution in [0.4, 0.5) is 10.5 Å². The number of aromatic nitrogens is 1. The molecule has 4 aliphatic rings. The molecule has 0 radical (unpaired) electrons. The van der Waals surface area contributed by atoms with Crippen LogP contribution in [0.15, 0.2) is 48.0 Å². The second-order valence-corrected chi connectivity index (χ2v) is 25.7. The first-order valence-electron chi connectivity index (χ1n) is 31.4. The van der Waals surface area contributed by atoms with Crippen molar-refractivity contribution in [3.05, 3.63) is 58.6 Å². The van der Waals surface area contributed by atoms with Crippen molar-refractivity contribution in [2.45, 2.75) is 180 Å². The predicted octanol–water partition coefficient (Wildman–Crippen LogP) is 3.43. The lowest BCUT2D eigenvalue weighted by Crippen LogP contribution is -2.60. The summed E-state index contributed by atoms with van der Waals surface area (Å²) in [4.78, 5) is 145. The first-order valence-corrected chi connectivity index (χ1v) is 32.2. The molecule has 3 aliphatic heterocycles. The molecule has 1 aromatic carbocycles. The third-order valence-electron chi connectivity index (χ3n) is 18.1. The molecule has 2 aromatic rings. The molecule has 3 fully saturated rings. The SMILES string of the molecule is CCC(C)C(C(CC(=O)N1CCC[C@H]1C(OC)C(C)C(=O)NC(Cc1cccc(NC(=O)C(CCCNC(N)=O)NC(=O)C(NC(=O)CCOCCN2C(=O)C=CC2=O)C(C)C)c1)c1nccs1)OC)N(C)C(=O)C(NC(=O)[C@@H]1[C@H]2CC[C@H](C2)N1C)C(C)C. The molecular formula is C63H96N12O13S. The Bertz CT molecular complexity index is 2780. The summed E-state index contributed by atoms with van der Waals surface area (Å²) in [6, 6.07) is 1.86. The van der Waals surface area contributed by atoms with Crippen LogP contribution in [0.5, 0.6) is 0 Å². The van der Waals surface area contributed by atoms with Gasteiger partial charge in [-0.15, -0.1) is 11.3 Å². The number of hydrogen-bond acceptors (Lipinski definition) is 16. The summed E-state index contributed by atoms with van der Waals surface area (Å²) in [5, 5.41) is 19.7. The summed E-state index contributed by atoms with van der Waals surface area (Å²) < 4.78 is 17.7. The van der Waals surface area contributed by atoms with Crippen molar-refractivity contribution in [2.24, 2.45) is 35.3 Å². The zero-order valence-corrected chi connectivity index (χ0v) is 54.4. The number of thiazole rings is 1. The molecule has 1 aliphatic carbocycles. The van der Waals surface area contributed by atoms with Crippen molar-refractivity contribution in [1.29, 1.82) is 0 Å². The lowest BCUT2D eigenvalue weighted by atomic mass is 9.89. The fraction of sp³-hybridized carbons (Fsp3) is 0.667. The van der Waals surface area contributed by atoms with E-state index in [9.17, 15) is 47.9 Å². The summed E-state index contributed by atoms with van der Waals surface area (Å²) in [5.41, 5.74) is 6.40. The fourth-order valence-electron chi connectivity index (χ4n) is 12.9. The highest BCUT2D eigenvalue weighted by Gasteiger charge is 2.49. The van der Waals surface area contributed by atoms with Gasteiger partial charge < -0.3 is 61.6 Å². The van der Waals surface area contributed by atoms with Gasteiger partial charge in [-0.1, -0.05) is 67.0 Å². The van der Waals surface area contributed by atoms with Crippen LogP contribution in [0.1, 0.15) is 129 Å². The van der Waals surface area contributed by atoms with E-state index in [0.29, 0.717) is 42.5 Å². The molecule has 4 heterocycles. The van der Waals surface area contributed by atoms with Gasteiger partial charge in [0.05, 0.1) is 68.5 Å². The highest BCUT2D eigenvalue weighted by Crippen LogP contribution is 2.41. The normalized spacial score (nSPS) is 21.2. The van der Waals surface area contributed by atoms with E-state index < -0.39 is 95.9 Å². The van der Waals surface area contributed by atoms with Crippen LogP contribution in [-0.4, -0.2) is 199 Å². The number of ether oxygens (including phenoxy) is 3. The van der Waals surface area contributed by atoms with Crippen LogP contribution in [0.25, 0.3) is 0 Å². The molecule has 2 saturated heterocycles. The molecule has 13 atom stereocenters. The number of carbonyl (C=O) groups excluding carboxylic acids is 10. The van der Waals surface area contributed by atoms with Crippen LogP contribution in [-0.2, 0) is 63.8 Å². The number of anilines is 1. The quantitative estimate of drug-likeness (QED) is 0.0384. The number of carbonyl (C=O) groups is 10. The number of nitrogens with zero attached hydrogens (tertiary/aromatic N) is 5. The fourth-order valence-corrected chi connectivity index (χ4v) is 13.6. The average molecular weight is 1260 g/mol. The number of likely N-dealkylation sites (tertiary alicyclic amines) is 2. The largest absolute Gasteiger partial charge is 0.379 e. The number of imide groups is 1. The third kappa shape index (κ3) is 19.1. The molecule has 89 heavy (non-hydrogen) atoms. The maximum atomic E-state index is 14.7. The summed E-state index contributed by atoms with van der Waals surface area (Å²) >= 11 is 1.36. The lowest BCUT2D eigenvalue weighted by molar-refractivity contribution is -0.148. The summed E-state index contributed by atoms with van der Waals surface area (Å²) in [7, 11) is 6.81. The van der Waals surface area contributed by atoms with Crippen LogP contribution < -0.4 is 37.6 Å². The topological polar surface area (TPSA) is 322 Å². The van der Waals surface area contributed by atoms with E-state index in [1.807, 2.05) is 46.2 Å². The summed E-state index contributed by atoms with van der Waals surface area (Å²) in [6.45, 7) is 13.7. The molecule has 2 bridgehead atoms. The highest BCUT2D eigenvalue weighted by atomic mass is 32.1. The number of benzene rings is 1. The molecule has 492 valence electrons. The minimum Gasteiger partial charge on any atom is -0.379 e. The first-order chi connectivity index (χ1) is 42.4. The Labute approximate surface area is 527 Å². The Kier molecular flexibility index (Phi) is 27.0. The number of nitrogens with one attached hydrogen (secondary N) is 6. The van der Waals surface area contributed by atoms with Crippen LogP contribution >= 0.6 is 11.3 Å². The average Bonchev–Trinajstić information content (AvgIpc) is 2.82. The number of fused-ring (bicyclic) bond motifs is 2. The van der Waals surface area contributed by atoms with Gasteiger partial charge in [-0.25, -0.2) is 9.78 Å². The van der Waals surface area contributed by atoms with Gasteiger partial charge >= 0.3 is 6.03 Å². The van der Waals surface area contributed by atoms with E-state index in [0.717, 1.165) is 29.7 Å². The van der Waals surface area contributed by atoms with E-state index in [2.05, 4.69) is 41.8 Å². The van der Waals surface area contributed by atoms with Crippen molar-refractivity contribution in [3.63, 3.8) is 0 Å². The minimum absolute atomic E-state index is 0.0157. The van der Waals surface area contributed by atoms with Gasteiger partial charge in [-0.05, 0) is 99.8 Å². The molecule has 9 unspecified atom stereocenters. The van der Waals surface area contributed by atoms with Gasteiger partial charge in [0.1, 0.15) is 23.1 Å². The molecule has 1 saturated carbocycles. The van der Waals surface area contributed by atoms with Gasteiger partial charge in [-0.3, -0.25) is 53.0 Å². The van der Waals surface area contributed by atoms with Crippen LogP contribution in [0.2, 0.25) is 0 Å². The Morgan fingerprint density at radius 2 is 1.58 bits per heavy atom. The van der Waals surface area contributed by atoms with Crippen LogP contribution in [0.3, 0.4) is 0 Å². The van der Waals surface area contributed by atoms with Crippen molar-refractivity contribution >= 4 is 76.2 Å². The van der Waals surface area contributed by atoms with Gasteiger partial charge in [0, 0.05) is 76.2 Å². The second-order valence-electron chi connectivity index (χ2n) is 24.8. The Morgan fingerprint density at radius 1 is 0.865 bits per heavy atom. The predicted molar refractivity (Wildman–Crippen MR) is 334 cm³/mol. The van der Waals surface area contributed by atoms with Crippen molar-refractivity contribution in [1.82, 2.24) is 51.2 Å². The molecule has 1 aromatic heterocycles. The van der Waals surface area contributed by atoms with Gasteiger partial charge in [0.2, 0.25) is 41.4 Å². The first kappa shape index (κ1) is 71.2. The molecule has 0 spiro atoms. The molecule has 26 heteroatoms. The number of rotatable bonds is 35. The molecular weight excluding hydrogens is 1160 g/mol. The number of amides is 11. The summed E-state index contributed by atoms with van der Waals surface area (Å²) in [5.74, 6) is -4.62. The van der Waals surface area contributed by atoms with E-state index in [1.54, 1.807) is 69.1 Å². The van der Waals surface area contributed by atoms with Gasteiger partial charge in [-0.2, -0.15) is 0 Å². The molecule has 8 N–H and O–H groups in total. The Morgan fingerprint density at radius 3 is 2.20 bits per heavy atom. The van der Waals surface area contributed by atoms with Crippen molar-refractivity contribution < 1.29 is 62.2 Å². The van der Waals surface area contributed by atoms with Crippen LogP contribution in [0, 0.1) is 29.6 Å². The number of nitrogens with two attached hydrogens (primary N) is 1. The highest BCUT2D eigenvalue weighted by molar-refractivity contribution is 7.09. The van der Waals surface area contributed by atoms with Crippen molar-refractivity contribution in [2.75, 3.05) is 66.5 Å². The number of hydrogen-bond donors (Lipinski definition) is 7. The monoisotopic (exact) mass is 1260 g/mol. The molecule has 11 amide bonds. The van der Waals surface area contributed by atoms with Gasteiger partial charge in [0.15, 0.2) is 0 Å². The number of piperidine rings is 1. The smallest absolute Gasteiger partial charge is 0.312 e. The zero-order valence-electron chi connectivity index (χ0n) is 53.6. The van der Waals surface area contributed by atoms with E-state index in [-0.39, 0.29) is 106 Å². The number of likely N-dealkylation sites (N-methyl/N-ethyl adjacent to an activating group) is 2. The zero-order chi connectivity index (χ0) is 65.2. The maximum absolute atomic E-state index is 14.7. The second kappa shape index (κ2) is 33.8. The van der Waals surface area contributed by atoms with E-state index >= 15 is 0 Å². The lowest BCUT2D eigenvalue weighted by Gasteiger charge is -2.41. The summed E-state index contributed by atoms with van der Waals surface area (Å²) in [6.07, 6.45) is 8.06. The number of primary amides is 1. The maximum Gasteiger partial charge on any atom is 0.312 e. The van der Waals surface area contributed by atoms with Crippen molar-refractivity contribution in [3.8, 4) is 0 Å². The minimum atomic E-state index is -1.13. The Balaban J connectivity index is 1.08. The number of urea groups is 1. The molecule has 25 nitrogen and oxygen atoms in total. The number of methoxy groups -OCH3 is 2. The van der Waals surface area contributed by atoms with E-state index in [4.69, 9.17) is 19.9 Å². The van der Waals surface area contributed by atoms with E-state index in [1.165, 1.54) is 30.6 Å². The third-order valence-corrected chi connectivity index (χ3v) is 19.0. The Hall–Kier alpha value is -6.87. The molecule has 6 rings (SSSR count). The van der Waals surface area contributed by atoms with Gasteiger partial charge in [0.25, 0.3) is 11.8 Å². The standard InChI is InChI=1S/C63H96N12O13S/c1-12-38(6)54(73(9)62(84)53(37(4)5)71-60(83)55-41-20-21-43(34-41)72(55)8)47(86-10)35-51(79)74-27-15-19-46(74)56(87-11)39(7)57(80)69-45(61-65-26-31-89-61)33-40-16-13-17-42(32-40)67-58(81)44(18-14-25-66-63(64)85)68-59(82)52(36(2)3)70-48(76)24-29-88-30-28-75-49(77)22-23-50(75)78/h13,16-17,22-23,26,31-32,36-39,41,43-47,52-56H,12,14-15,18-21,24-25,27-30,33-35H2,1-11H3,(H,67,81)(H,68,82)(H,69,80)(H,70,76)(H,71,83)(H3,64,66,85)/t38?,39?,41-,43+,44?,45?,46-,47?,52?,53?,54?,55-,56?/m0/s1.